The largest absolute Gasteiger partial charge is 0.366 e. The van der Waals surface area contributed by atoms with Crippen molar-refractivity contribution in [1.29, 1.82) is 0 Å². The molecule has 0 aromatic heterocycles. The van der Waals surface area contributed by atoms with E-state index in [0.29, 0.717) is 0 Å². The van der Waals surface area contributed by atoms with Crippen LogP contribution in [0.2, 0.25) is 0 Å². The molecule has 0 aromatic carbocycles. The molecule has 3 nitrogen and oxygen atoms in total. The van der Waals surface area contributed by atoms with Gasteiger partial charge in [0.15, 0.2) is 0 Å². The summed E-state index contributed by atoms with van der Waals surface area (Å²) in [5.74, 6) is 0.906. The molecule has 0 atom stereocenters. The molecule has 2 aliphatic rings. The van der Waals surface area contributed by atoms with E-state index in [2.05, 4.69) is 17.1 Å². The van der Waals surface area contributed by atoms with E-state index in [1.165, 1.54) is 45.3 Å². The Morgan fingerprint density at radius 2 is 1.93 bits per heavy atom. The molecule has 88 valence electrons. The zero-order valence-electron chi connectivity index (χ0n) is 9.87. The molecule has 0 spiro atoms. The van der Waals surface area contributed by atoms with Crippen molar-refractivity contribution in [3.05, 3.63) is 0 Å². The number of rotatable bonds is 6. The average molecular weight is 212 g/mol. The van der Waals surface area contributed by atoms with Gasteiger partial charge in [0.25, 0.3) is 0 Å². The van der Waals surface area contributed by atoms with Gasteiger partial charge in [0.1, 0.15) is 0 Å². The molecule has 1 aliphatic heterocycles. The van der Waals surface area contributed by atoms with Crippen LogP contribution in [0.3, 0.4) is 0 Å². The second-order valence-corrected chi connectivity index (χ2v) is 4.87. The summed E-state index contributed by atoms with van der Waals surface area (Å²) in [4.78, 5) is 2.43. The first kappa shape index (κ1) is 11.4. The van der Waals surface area contributed by atoms with Crippen molar-refractivity contribution in [3.8, 4) is 0 Å². The summed E-state index contributed by atoms with van der Waals surface area (Å²) in [6.07, 6.45) is 5.49. The Labute approximate surface area is 93.2 Å². The minimum atomic E-state index is 0.833. The molecule has 3 heteroatoms. The second kappa shape index (κ2) is 5.83. The van der Waals surface area contributed by atoms with E-state index in [4.69, 9.17) is 4.74 Å². The van der Waals surface area contributed by atoms with Crippen LogP contribution in [0.25, 0.3) is 0 Å². The van der Waals surface area contributed by atoms with Gasteiger partial charge in [-0.2, -0.15) is 0 Å². The predicted molar refractivity (Wildman–Crippen MR) is 61.8 cm³/mol. The lowest BCUT2D eigenvalue weighted by Crippen LogP contribution is -2.38. The lowest BCUT2D eigenvalue weighted by Gasteiger charge is -2.31. The van der Waals surface area contributed by atoms with Crippen molar-refractivity contribution >= 4 is 0 Å². The normalized spacial score (nSPS) is 24.6. The van der Waals surface area contributed by atoms with E-state index < -0.39 is 0 Å². The molecule has 1 saturated carbocycles. The highest BCUT2D eigenvalue weighted by Gasteiger charge is 2.24. The maximum absolute atomic E-state index is 5.43. The Morgan fingerprint density at radius 1 is 1.20 bits per heavy atom. The minimum absolute atomic E-state index is 0.833. The Morgan fingerprint density at radius 3 is 2.53 bits per heavy atom. The summed E-state index contributed by atoms with van der Waals surface area (Å²) in [6, 6.07) is 0.867. The summed E-state index contributed by atoms with van der Waals surface area (Å²) in [6.45, 7) is 7.41. The molecule has 0 bridgehead atoms. The Kier molecular flexibility index (Phi) is 4.42. The highest BCUT2D eigenvalue weighted by atomic mass is 16.5. The molecule has 15 heavy (non-hydrogen) atoms. The first-order valence-corrected chi connectivity index (χ1v) is 6.42. The quantitative estimate of drug-likeness (QED) is 0.721. The van der Waals surface area contributed by atoms with E-state index in [0.717, 1.165) is 25.3 Å². The minimum Gasteiger partial charge on any atom is -0.366 e. The van der Waals surface area contributed by atoms with Gasteiger partial charge in [0, 0.05) is 25.7 Å². The average Bonchev–Trinajstić information content (AvgIpc) is 3.09. The third-order valence-corrected chi connectivity index (χ3v) is 3.46. The number of ether oxygens (including phenoxy) is 1. The number of likely N-dealkylation sites (tertiary alicyclic amines) is 1. The third-order valence-electron chi connectivity index (χ3n) is 3.46. The van der Waals surface area contributed by atoms with Crippen molar-refractivity contribution in [2.75, 3.05) is 33.0 Å². The molecule has 2 fully saturated rings. The molecule has 1 saturated heterocycles. The van der Waals surface area contributed by atoms with Gasteiger partial charge in [-0.25, -0.2) is 0 Å². The van der Waals surface area contributed by atoms with Crippen molar-refractivity contribution in [2.24, 2.45) is 5.92 Å². The summed E-state index contributed by atoms with van der Waals surface area (Å²) in [5.41, 5.74) is 0. The molecule has 1 heterocycles. The lowest BCUT2D eigenvalue weighted by atomic mass is 9.97. The van der Waals surface area contributed by atoms with Crippen LogP contribution in [0.4, 0.5) is 0 Å². The van der Waals surface area contributed by atoms with Crippen LogP contribution in [0, 0.1) is 5.92 Å². The van der Waals surface area contributed by atoms with Crippen LogP contribution in [0.15, 0.2) is 0 Å². The standard InChI is InChI=1S/C12H24N2O/c1-2-15-10-14-7-5-11(6-8-14)9-13-12-3-4-12/h11-13H,2-10H2,1H3. The Balaban J connectivity index is 1.54. The topological polar surface area (TPSA) is 24.5 Å². The molecule has 0 aromatic rings. The number of nitrogens with zero attached hydrogens (tertiary/aromatic N) is 1. The van der Waals surface area contributed by atoms with E-state index in [-0.39, 0.29) is 0 Å². The monoisotopic (exact) mass is 212 g/mol. The highest BCUT2D eigenvalue weighted by Crippen LogP contribution is 2.21. The first-order valence-electron chi connectivity index (χ1n) is 6.42. The molecule has 2 rings (SSSR count). The smallest absolute Gasteiger partial charge is 0.0990 e. The molecule has 1 aliphatic carbocycles. The SMILES string of the molecule is CCOCN1CCC(CNC2CC2)CC1. The van der Waals surface area contributed by atoms with Crippen LogP contribution >= 0.6 is 0 Å². The Hall–Kier alpha value is -0.120. The number of hydrogen-bond donors (Lipinski definition) is 1. The maximum atomic E-state index is 5.43. The van der Waals surface area contributed by atoms with Gasteiger partial charge in [-0.3, -0.25) is 4.90 Å². The molecule has 0 unspecified atom stereocenters. The zero-order valence-corrected chi connectivity index (χ0v) is 9.87. The van der Waals surface area contributed by atoms with Gasteiger partial charge in [-0.05, 0) is 45.1 Å². The maximum Gasteiger partial charge on any atom is 0.0990 e. The van der Waals surface area contributed by atoms with Crippen molar-refractivity contribution in [1.82, 2.24) is 10.2 Å². The van der Waals surface area contributed by atoms with Crippen molar-refractivity contribution in [2.45, 2.75) is 38.6 Å². The van der Waals surface area contributed by atoms with Crippen LogP contribution in [-0.2, 0) is 4.74 Å². The molecule has 0 amide bonds. The van der Waals surface area contributed by atoms with Crippen LogP contribution < -0.4 is 5.32 Å². The van der Waals surface area contributed by atoms with Crippen molar-refractivity contribution in [3.63, 3.8) is 0 Å². The van der Waals surface area contributed by atoms with E-state index in [1.807, 2.05) is 0 Å². The van der Waals surface area contributed by atoms with Crippen LogP contribution in [0.1, 0.15) is 32.6 Å². The molecular weight excluding hydrogens is 188 g/mol. The molecular formula is C12H24N2O. The zero-order chi connectivity index (χ0) is 10.5. The number of piperidine rings is 1. The summed E-state index contributed by atoms with van der Waals surface area (Å²) in [5, 5.41) is 3.63. The highest BCUT2D eigenvalue weighted by molar-refractivity contribution is 4.83. The van der Waals surface area contributed by atoms with Gasteiger partial charge in [0.05, 0.1) is 6.73 Å². The summed E-state index contributed by atoms with van der Waals surface area (Å²) in [7, 11) is 0. The fraction of sp³-hybridized carbons (Fsp3) is 1.00. The van der Waals surface area contributed by atoms with Gasteiger partial charge in [-0.15, -0.1) is 0 Å². The number of nitrogens with one attached hydrogen (secondary N) is 1. The number of hydrogen-bond acceptors (Lipinski definition) is 3. The van der Waals surface area contributed by atoms with E-state index in [1.54, 1.807) is 0 Å². The van der Waals surface area contributed by atoms with Gasteiger partial charge in [-0.1, -0.05) is 0 Å². The second-order valence-electron chi connectivity index (χ2n) is 4.87. The third kappa shape index (κ3) is 4.09. The van der Waals surface area contributed by atoms with E-state index in [9.17, 15) is 0 Å². The van der Waals surface area contributed by atoms with E-state index >= 15 is 0 Å². The fourth-order valence-corrected chi connectivity index (χ4v) is 2.16. The molecule has 1 N–H and O–H groups in total. The van der Waals surface area contributed by atoms with Crippen molar-refractivity contribution < 1.29 is 4.74 Å². The summed E-state index contributed by atoms with van der Waals surface area (Å²) >= 11 is 0. The van der Waals surface area contributed by atoms with Gasteiger partial charge in [0.2, 0.25) is 0 Å². The van der Waals surface area contributed by atoms with Crippen LogP contribution in [-0.4, -0.2) is 43.9 Å². The molecule has 0 radical (unpaired) electrons. The van der Waals surface area contributed by atoms with Crippen LogP contribution in [0.5, 0.6) is 0 Å². The summed E-state index contributed by atoms with van der Waals surface area (Å²) < 4.78 is 5.43. The fourth-order valence-electron chi connectivity index (χ4n) is 2.16. The van der Waals surface area contributed by atoms with Gasteiger partial charge >= 0.3 is 0 Å². The Bertz CT molecular complexity index is 174. The first-order chi connectivity index (χ1) is 7.38. The van der Waals surface area contributed by atoms with Gasteiger partial charge < -0.3 is 10.1 Å². The predicted octanol–water partition coefficient (Wildman–Crippen LogP) is 1.44. The lowest BCUT2D eigenvalue weighted by molar-refractivity contribution is 0.0167.